The molecule has 2 heterocycles. The zero-order valence-corrected chi connectivity index (χ0v) is 9.00. The molecule has 2 atom stereocenters. The third-order valence-electron chi connectivity index (χ3n) is 3.01. The van der Waals surface area contributed by atoms with Crippen LogP contribution in [0.5, 0.6) is 0 Å². The fourth-order valence-electron chi connectivity index (χ4n) is 1.90. The van der Waals surface area contributed by atoms with Crippen molar-refractivity contribution >= 4 is 0 Å². The number of hydrogen-bond acceptors (Lipinski definition) is 4. The molecule has 2 rings (SSSR count). The summed E-state index contributed by atoms with van der Waals surface area (Å²) >= 11 is 0. The topological polar surface area (TPSA) is 49.2 Å². The van der Waals surface area contributed by atoms with Crippen LogP contribution in [0, 0.1) is 5.92 Å². The Morgan fingerprint density at radius 3 is 3.07 bits per heavy atom. The Bertz CT molecular complexity index is 304. The largest absolute Gasteiger partial charge is 0.392 e. The molecule has 2 unspecified atom stereocenters. The number of β-amino-alcohol motifs (C(OH)–C–C–N with tert-alkyl or cyclic N) is 1. The van der Waals surface area contributed by atoms with Gasteiger partial charge in [0.2, 0.25) is 0 Å². The van der Waals surface area contributed by atoms with Gasteiger partial charge in [-0.1, -0.05) is 6.92 Å². The lowest BCUT2D eigenvalue weighted by Crippen LogP contribution is -2.42. The van der Waals surface area contributed by atoms with E-state index in [0.717, 1.165) is 31.7 Å². The Morgan fingerprint density at radius 2 is 2.40 bits per heavy atom. The summed E-state index contributed by atoms with van der Waals surface area (Å²) < 4.78 is 0. The molecule has 4 nitrogen and oxygen atoms in total. The maximum atomic E-state index is 9.75. The minimum Gasteiger partial charge on any atom is -0.392 e. The number of aliphatic hydroxyl groups is 1. The minimum absolute atomic E-state index is 0.199. The van der Waals surface area contributed by atoms with Crippen molar-refractivity contribution < 1.29 is 5.11 Å². The number of rotatable bonds is 2. The molecule has 0 bridgehead atoms. The molecule has 1 aliphatic rings. The van der Waals surface area contributed by atoms with Crippen LogP contribution < -0.4 is 0 Å². The Balaban J connectivity index is 1.91. The molecule has 4 heteroatoms. The van der Waals surface area contributed by atoms with Gasteiger partial charge in [0.25, 0.3) is 0 Å². The molecule has 1 aromatic rings. The average Bonchev–Trinajstić information content (AvgIpc) is 2.25. The zero-order chi connectivity index (χ0) is 10.7. The SMILES string of the molecule is CC1CCN(Cc2cnccn2)CC1O. The summed E-state index contributed by atoms with van der Waals surface area (Å²) in [6.45, 7) is 4.68. The van der Waals surface area contributed by atoms with Crippen molar-refractivity contribution in [1.29, 1.82) is 0 Å². The van der Waals surface area contributed by atoms with Gasteiger partial charge in [0.05, 0.1) is 11.8 Å². The van der Waals surface area contributed by atoms with Gasteiger partial charge in [0.15, 0.2) is 0 Å². The van der Waals surface area contributed by atoms with E-state index in [9.17, 15) is 5.11 Å². The van der Waals surface area contributed by atoms with Gasteiger partial charge < -0.3 is 5.11 Å². The minimum atomic E-state index is -0.199. The quantitative estimate of drug-likeness (QED) is 0.774. The Hall–Kier alpha value is -1.00. The molecule has 82 valence electrons. The van der Waals surface area contributed by atoms with Crippen LogP contribution in [0.3, 0.4) is 0 Å². The standard InChI is InChI=1S/C11H17N3O/c1-9-2-5-14(8-11(9)15)7-10-6-12-3-4-13-10/h3-4,6,9,11,15H,2,5,7-8H2,1H3. The summed E-state index contributed by atoms with van der Waals surface area (Å²) in [7, 11) is 0. The second-order valence-corrected chi connectivity index (χ2v) is 4.27. The molecule has 0 aromatic carbocycles. The third kappa shape index (κ3) is 2.73. The average molecular weight is 207 g/mol. The van der Waals surface area contributed by atoms with E-state index in [4.69, 9.17) is 0 Å². The first-order valence-electron chi connectivity index (χ1n) is 5.41. The maximum absolute atomic E-state index is 9.75. The van der Waals surface area contributed by atoms with Gasteiger partial charge in [-0.05, 0) is 18.9 Å². The fourth-order valence-corrected chi connectivity index (χ4v) is 1.90. The summed E-state index contributed by atoms with van der Waals surface area (Å²) in [5.74, 6) is 0.420. The Labute approximate surface area is 90.0 Å². The Kier molecular flexibility index (Phi) is 3.28. The van der Waals surface area contributed by atoms with Crippen molar-refractivity contribution in [3.63, 3.8) is 0 Å². The predicted octanol–water partition coefficient (Wildman–Crippen LogP) is 0.679. The van der Waals surface area contributed by atoms with Crippen LogP contribution in [0.25, 0.3) is 0 Å². The molecule has 0 saturated carbocycles. The van der Waals surface area contributed by atoms with Gasteiger partial charge in [0, 0.05) is 31.7 Å². The first-order chi connectivity index (χ1) is 7.25. The first-order valence-corrected chi connectivity index (χ1v) is 5.41. The number of aromatic nitrogens is 2. The van der Waals surface area contributed by atoms with Gasteiger partial charge in [-0.3, -0.25) is 14.9 Å². The van der Waals surface area contributed by atoms with Crippen molar-refractivity contribution in [2.45, 2.75) is 26.0 Å². The van der Waals surface area contributed by atoms with Crippen LogP contribution in [0.2, 0.25) is 0 Å². The summed E-state index contributed by atoms with van der Waals surface area (Å²) in [6.07, 6.45) is 6.02. The van der Waals surface area contributed by atoms with Crippen LogP contribution in [0.1, 0.15) is 19.0 Å². The van der Waals surface area contributed by atoms with E-state index in [2.05, 4.69) is 21.8 Å². The van der Waals surface area contributed by atoms with E-state index in [0.29, 0.717) is 5.92 Å². The van der Waals surface area contributed by atoms with Gasteiger partial charge in [-0.25, -0.2) is 0 Å². The highest BCUT2D eigenvalue weighted by molar-refractivity contribution is 4.95. The number of aliphatic hydroxyl groups excluding tert-OH is 1. The van der Waals surface area contributed by atoms with E-state index < -0.39 is 0 Å². The molecule has 0 spiro atoms. The predicted molar refractivity (Wildman–Crippen MR) is 57.1 cm³/mol. The molecule has 1 N–H and O–H groups in total. The van der Waals surface area contributed by atoms with E-state index in [1.54, 1.807) is 18.6 Å². The molecule has 15 heavy (non-hydrogen) atoms. The van der Waals surface area contributed by atoms with E-state index in [1.807, 2.05) is 0 Å². The molecule has 1 saturated heterocycles. The smallest absolute Gasteiger partial charge is 0.0726 e. The molecule has 1 aromatic heterocycles. The second kappa shape index (κ2) is 4.68. The number of nitrogens with zero attached hydrogens (tertiary/aromatic N) is 3. The Morgan fingerprint density at radius 1 is 1.53 bits per heavy atom. The van der Waals surface area contributed by atoms with Crippen molar-refractivity contribution in [3.8, 4) is 0 Å². The lowest BCUT2D eigenvalue weighted by Gasteiger charge is -2.33. The molecular weight excluding hydrogens is 190 g/mol. The summed E-state index contributed by atoms with van der Waals surface area (Å²) in [4.78, 5) is 10.5. The number of piperidine rings is 1. The van der Waals surface area contributed by atoms with E-state index in [1.165, 1.54) is 0 Å². The lowest BCUT2D eigenvalue weighted by molar-refractivity contribution is 0.0254. The molecular formula is C11H17N3O. The van der Waals surface area contributed by atoms with Gasteiger partial charge >= 0.3 is 0 Å². The summed E-state index contributed by atoms with van der Waals surface area (Å²) in [5.41, 5.74) is 0.972. The van der Waals surface area contributed by atoms with Crippen LogP contribution in [0.4, 0.5) is 0 Å². The normalized spacial score (nSPS) is 27.9. The number of likely N-dealkylation sites (tertiary alicyclic amines) is 1. The lowest BCUT2D eigenvalue weighted by atomic mass is 9.96. The third-order valence-corrected chi connectivity index (χ3v) is 3.01. The highest BCUT2D eigenvalue weighted by Gasteiger charge is 2.24. The van der Waals surface area contributed by atoms with Gasteiger partial charge in [-0.2, -0.15) is 0 Å². The van der Waals surface area contributed by atoms with Crippen molar-refractivity contribution in [2.75, 3.05) is 13.1 Å². The second-order valence-electron chi connectivity index (χ2n) is 4.27. The fraction of sp³-hybridized carbons (Fsp3) is 0.636. The monoisotopic (exact) mass is 207 g/mol. The van der Waals surface area contributed by atoms with Crippen molar-refractivity contribution in [1.82, 2.24) is 14.9 Å². The molecule has 0 amide bonds. The highest BCUT2D eigenvalue weighted by atomic mass is 16.3. The highest BCUT2D eigenvalue weighted by Crippen LogP contribution is 2.17. The number of hydrogen-bond donors (Lipinski definition) is 1. The van der Waals surface area contributed by atoms with E-state index in [-0.39, 0.29) is 6.10 Å². The van der Waals surface area contributed by atoms with Crippen LogP contribution in [-0.4, -0.2) is 39.2 Å². The van der Waals surface area contributed by atoms with Crippen molar-refractivity contribution in [3.05, 3.63) is 24.3 Å². The van der Waals surface area contributed by atoms with Crippen LogP contribution >= 0.6 is 0 Å². The summed E-state index contributed by atoms with van der Waals surface area (Å²) in [6, 6.07) is 0. The van der Waals surface area contributed by atoms with Gasteiger partial charge in [0.1, 0.15) is 0 Å². The molecule has 0 radical (unpaired) electrons. The maximum Gasteiger partial charge on any atom is 0.0726 e. The van der Waals surface area contributed by atoms with Crippen LogP contribution in [-0.2, 0) is 6.54 Å². The molecule has 1 aliphatic heterocycles. The molecule has 1 fully saturated rings. The van der Waals surface area contributed by atoms with E-state index >= 15 is 0 Å². The molecule has 0 aliphatic carbocycles. The first kappa shape index (κ1) is 10.5. The zero-order valence-electron chi connectivity index (χ0n) is 9.00. The van der Waals surface area contributed by atoms with Crippen molar-refractivity contribution in [2.24, 2.45) is 5.92 Å². The summed E-state index contributed by atoms with van der Waals surface area (Å²) in [5, 5.41) is 9.75. The van der Waals surface area contributed by atoms with Gasteiger partial charge in [-0.15, -0.1) is 0 Å². The van der Waals surface area contributed by atoms with Crippen LogP contribution in [0.15, 0.2) is 18.6 Å².